The minimum absolute atomic E-state index is 0.0453. The van der Waals surface area contributed by atoms with E-state index in [1.54, 1.807) is 6.07 Å². The molecule has 0 amide bonds. The van der Waals surface area contributed by atoms with Crippen molar-refractivity contribution in [1.29, 1.82) is 0 Å². The van der Waals surface area contributed by atoms with E-state index in [9.17, 15) is 0 Å². The quantitative estimate of drug-likeness (QED) is 0.110. The molecule has 0 unspecified atom stereocenters. The van der Waals surface area contributed by atoms with Crippen LogP contribution in [0, 0.1) is 5.82 Å². The number of fused-ring (bicyclic) bond motifs is 3. The fraction of sp³-hybridized carbons (Fsp3) is 0.674. The van der Waals surface area contributed by atoms with E-state index in [0.29, 0.717) is 60.7 Å². The van der Waals surface area contributed by atoms with Gasteiger partial charge in [0.25, 0.3) is 0 Å². The van der Waals surface area contributed by atoms with Crippen LogP contribution in [0.3, 0.4) is 0 Å². The van der Waals surface area contributed by atoms with Crippen LogP contribution in [-0.4, -0.2) is 90.1 Å². The summed E-state index contributed by atoms with van der Waals surface area (Å²) in [6.07, 6.45) is 5.10. The van der Waals surface area contributed by atoms with E-state index in [0.717, 1.165) is 35.6 Å². The molecule has 2 aromatic heterocycles. The Morgan fingerprint density at radius 3 is 2.25 bits per heavy atom. The molecule has 0 saturated carbocycles. The Morgan fingerprint density at radius 1 is 0.912 bits per heavy atom. The average Bonchev–Trinajstić information content (AvgIpc) is 3.85. The molecule has 9 nitrogen and oxygen atoms in total. The van der Waals surface area contributed by atoms with Crippen molar-refractivity contribution in [1.82, 2.24) is 14.5 Å². The molecule has 57 heavy (non-hydrogen) atoms. The van der Waals surface area contributed by atoms with Crippen molar-refractivity contribution in [2.75, 3.05) is 26.4 Å². The van der Waals surface area contributed by atoms with E-state index < -0.39 is 24.7 Å². The number of imidazole rings is 1. The third kappa shape index (κ3) is 10.2. The number of nitrogens with zero attached hydrogens (tertiary/aromatic N) is 3. The van der Waals surface area contributed by atoms with E-state index in [2.05, 4.69) is 93.4 Å². The summed E-state index contributed by atoms with van der Waals surface area (Å²) in [4.78, 5) is 10.00. The molecule has 3 aliphatic rings. The highest BCUT2D eigenvalue weighted by Gasteiger charge is 2.52. The molecule has 3 aromatic rings. The Labute approximate surface area is 348 Å². The van der Waals surface area contributed by atoms with Gasteiger partial charge in [0.15, 0.2) is 28.4 Å². The van der Waals surface area contributed by atoms with Crippen LogP contribution in [0.4, 0.5) is 4.39 Å². The molecule has 5 atom stereocenters. The normalized spacial score (nSPS) is 23.2. The van der Waals surface area contributed by atoms with Crippen molar-refractivity contribution >= 4 is 53.5 Å². The third-order valence-corrected chi connectivity index (χ3v) is 23.9. The molecular formula is C43H67ClFN3O6Si3. The van der Waals surface area contributed by atoms with Gasteiger partial charge >= 0.3 is 6.01 Å². The minimum atomic E-state index is -2.03. The van der Waals surface area contributed by atoms with Gasteiger partial charge in [-0.05, 0) is 96.3 Å². The Bertz CT molecular complexity index is 1940. The maximum atomic E-state index is 15.9. The lowest BCUT2D eigenvalue weighted by atomic mass is 9.94. The first kappa shape index (κ1) is 44.6. The van der Waals surface area contributed by atoms with Gasteiger partial charge in [-0.25, -0.2) is 9.37 Å². The molecule has 316 valence electrons. The summed E-state index contributed by atoms with van der Waals surface area (Å²) in [7, 11) is -5.21. The fourth-order valence-electron chi connectivity index (χ4n) is 7.27. The predicted molar refractivity (Wildman–Crippen MR) is 236 cm³/mol. The molecule has 14 heteroatoms. The molecule has 0 bridgehead atoms. The Balaban J connectivity index is 1.20. The predicted octanol–water partition coefficient (Wildman–Crippen LogP) is 10.8. The van der Waals surface area contributed by atoms with Crippen molar-refractivity contribution in [3.63, 3.8) is 0 Å². The molecule has 2 aliphatic heterocycles. The molecular weight excluding hydrogens is 793 g/mol. The van der Waals surface area contributed by atoms with E-state index >= 15 is 4.39 Å². The summed E-state index contributed by atoms with van der Waals surface area (Å²) in [6.45, 7) is 31.6. The summed E-state index contributed by atoms with van der Waals surface area (Å²) < 4.78 is 56.3. The molecule has 1 aromatic carbocycles. The molecule has 6 rings (SSSR count). The fourth-order valence-corrected chi connectivity index (χ4v) is 10.5. The van der Waals surface area contributed by atoms with Crippen LogP contribution in [0.5, 0.6) is 6.01 Å². The number of ether oxygens (including phenoxy) is 4. The van der Waals surface area contributed by atoms with Crippen LogP contribution in [0.25, 0.3) is 17.2 Å². The molecule has 2 saturated heterocycles. The van der Waals surface area contributed by atoms with Crippen molar-refractivity contribution in [2.45, 2.75) is 160 Å². The number of hydrogen-bond donors (Lipinski definition) is 0. The van der Waals surface area contributed by atoms with Gasteiger partial charge in [-0.3, -0.25) is 4.57 Å². The van der Waals surface area contributed by atoms with E-state index in [4.69, 9.17) is 49.4 Å². The molecule has 0 spiro atoms. The number of halogens is 2. The van der Waals surface area contributed by atoms with Gasteiger partial charge in [0.05, 0.1) is 36.6 Å². The van der Waals surface area contributed by atoms with Crippen LogP contribution in [0.1, 0.15) is 76.3 Å². The summed E-state index contributed by atoms with van der Waals surface area (Å²) in [6, 6.07) is 7.02. The first-order valence-corrected chi connectivity index (χ1v) is 30.7. The summed E-state index contributed by atoms with van der Waals surface area (Å²) in [5.41, 5.74) is 4.60. The zero-order valence-electron chi connectivity index (χ0n) is 36.7. The van der Waals surface area contributed by atoms with Crippen LogP contribution in [-0.2, 0) is 42.6 Å². The second kappa shape index (κ2) is 16.8. The number of hydrogen-bond acceptors (Lipinski definition) is 8. The lowest BCUT2D eigenvalue weighted by Crippen LogP contribution is -2.47. The highest BCUT2D eigenvalue weighted by atomic mass is 35.5. The van der Waals surface area contributed by atoms with Crippen molar-refractivity contribution in [2.24, 2.45) is 0 Å². The lowest BCUT2D eigenvalue weighted by molar-refractivity contribution is 0.00687. The largest absolute Gasteiger partial charge is 0.456 e. The average molecular weight is 861 g/mol. The summed E-state index contributed by atoms with van der Waals surface area (Å²) in [5.74, 6) is -0.229. The van der Waals surface area contributed by atoms with Crippen LogP contribution < -0.4 is 4.74 Å². The number of rotatable bonds is 15. The summed E-state index contributed by atoms with van der Waals surface area (Å²) in [5, 5.41) is 0.714. The van der Waals surface area contributed by atoms with Crippen molar-refractivity contribution in [3.05, 3.63) is 57.5 Å². The molecule has 0 radical (unpaired) electrons. The third-order valence-electron chi connectivity index (χ3n) is 12.9. The van der Waals surface area contributed by atoms with Crippen molar-refractivity contribution in [3.8, 4) is 6.01 Å². The number of aromatic nitrogens is 3. The highest BCUT2D eigenvalue weighted by molar-refractivity contribution is 6.76. The standard InChI is InChI=1S/C43H67ClFN3O6Si3/c1-42(2,3)56(10,11)52-18-14-15-28-21-29-16-17-30(37(29)32(45)22-28)23-33-31(44)24-34-40(46-33)48(27-49-19-20-55(7,8)9)41(47-34)53-35-25-50-39-36(26-51-38(35)39)54-57(12,13)43(4,5)6/h14-15,21-22,24,30,35-36,38-39H,16-20,23,25-27H2,1-13H3/b15-14+/t30-,35-,36-,38-,39-/m1/s1. The Morgan fingerprint density at radius 2 is 1.58 bits per heavy atom. The maximum absolute atomic E-state index is 15.9. The van der Waals surface area contributed by atoms with Crippen LogP contribution in [0.15, 0.2) is 24.3 Å². The minimum Gasteiger partial charge on any atom is -0.456 e. The SMILES string of the molecule is CC(C)(C)[Si](C)(C)OC/C=C/c1cc(F)c2c(c1)CC[C@@H]2Cc1nc2c(cc1Cl)nc(O[C@@H]1CO[C@H]3[C@@H]1OC[C@H]3O[Si](C)(C)C(C)(C)C)n2COCC[Si](C)(C)C. The smallest absolute Gasteiger partial charge is 0.301 e. The van der Waals surface area contributed by atoms with Gasteiger partial charge < -0.3 is 27.8 Å². The first-order chi connectivity index (χ1) is 26.4. The van der Waals surface area contributed by atoms with Crippen molar-refractivity contribution < 1.29 is 32.2 Å². The number of benzene rings is 1. The highest BCUT2D eigenvalue weighted by Crippen LogP contribution is 2.42. The van der Waals surface area contributed by atoms with Gasteiger partial charge in [0, 0.05) is 14.7 Å². The van der Waals surface area contributed by atoms with Gasteiger partial charge in [0.2, 0.25) is 0 Å². The maximum Gasteiger partial charge on any atom is 0.301 e. The van der Waals surface area contributed by atoms with Gasteiger partial charge in [-0.15, -0.1) is 0 Å². The Hall–Kier alpha value is -1.95. The monoisotopic (exact) mass is 859 g/mol. The van der Waals surface area contributed by atoms with E-state index in [1.165, 1.54) is 0 Å². The topological polar surface area (TPSA) is 86.1 Å². The zero-order chi connectivity index (χ0) is 41.7. The van der Waals surface area contributed by atoms with Crippen LogP contribution >= 0.6 is 11.6 Å². The van der Waals surface area contributed by atoms with E-state index in [-0.39, 0.29) is 53.0 Å². The second-order valence-electron chi connectivity index (χ2n) is 20.6. The molecule has 1 aliphatic carbocycles. The molecule has 0 N–H and O–H groups in total. The molecule has 2 fully saturated rings. The summed E-state index contributed by atoms with van der Waals surface area (Å²) >= 11 is 6.95. The van der Waals surface area contributed by atoms with Gasteiger partial charge in [-0.2, -0.15) is 4.98 Å². The number of aryl methyl sites for hydroxylation is 1. The first-order valence-electron chi connectivity index (χ1n) is 20.8. The number of pyridine rings is 1. The zero-order valence-corrected chi connectivity index (χ0v) is 40.4. The van der Waals surface area contributed by atoms with Gasteiger partial charge in [-0.1, -0.05) is 91.0 Å². The van der Waals surface area contributed by atoms with Gasteiger partial charge in [0.1, 0.15) is 30.3 Å². The second-order valence-corrected chi connectivity index (χ2v) is 36.2. The Kier molecular flexibility index (Phi) is 13.2. The lowest BCUT2D eigenvalue weighted by Gasteiger charge is -2.39. The van der Waals surface area contributed by atoms with Crippen LogP contribution in [0.2, 0.25) is 67.0 Å². The molecule has 4 heterocycles. The van der Waals surface area contributed by atoms with E-state index in [1.807, 2.05) is 22.8 Å².